The molecule has 1 atom stereocenters. The molecule has 0 spiro atoms. The second-order valence-electron chi connectivity index (χ2n) is 6.25. The largest absolute Gasteiger partial charge is 0.353 e. The molecule has 1 saturated carbocycles. The van der Waals surface area contributed by atoms with Gasteiger partial charge in [-0.3, -0.25) is 14.7 Å². The third-order valence-corrected chi connectivity index (χ3v) is 4.82. The summed E-state index contributed by atoms with van der Waals surface area (Å²) in [4.78, 5) is 25.3. The number of piperazine rings is 1. The number of anilines is 1. The lowest BCUT2D eigenvalue weighted by atomic mass is 10.2. The number of carbonyl (C=O) groups is 1. The number of rotatable bonds is 4. The van der Waals surface area contributed by atoms with E-state index in [-0.39, 0.29) is 11.9 Å². The van der Waals surface area contributed by atoms with Crippen LogP contribution in [0.5, 0.6) is 0 Å². The van der Waals surface area contributed by atoms with Crippen LogP contribution in [-0.4, -0.2) is 59.0 Å². The van der Waals surface area contributed by atoms with Crippen LogP contribution in [0.2, 0.25) is 0 Å². The summed E-state index contributed by atoms with van der Waals surface area (Å²) in [6.07, 6.45) is 9.98. The molecular weight excluding hydrogens is 278 g/mol. The Morgan fingerprint density at radius 2 is 1.95 bits per heavy atom. The van der Waals surface area contributed by atoms with E-state index in [9.17, 15) is 4.79 Å². The lowest BCUT2D eigenvalue weighted by Gasteiger charge is -2.38. The standard InChI is InChI=1S/C16H25N5O/c1-13(16(22)19-14-4-2-3-5-14)20-8-10-21(11-9-20)15-12-17-6-7-18-15/h6-7,12-14H,2-5,8-11H2,1H3,(H,19,22). The van der Waals surface area contributed by atoms with Crippen molar-refractivity contribution in [1.82, 2.24) is 20.2 Å². The maximum Gasteiger partial charge on any atom is 0.237 e. The Morgan fingerprint density at radius 1 is 1.23 bits per heavy atom. The highest BCUT2D eigenvalue weighted by Crippen LogP contribution is 2.18. The average Bonchev–Trinajstić information content (AvgIpc) is 3.08. The summed E-state index contributed by atoms with van der Waals surface area (Å²) >= 11 is 0. The molecule has 22 heavy (non-hydrogen) atoms. The Bertz CT molecular complexity index is 481. The molecule has 0 bridgehead atoms. The molecule has 120 valence electrons. The van der Waals surface area contributed by atoms with Gasteiger partial charge in [0.2, 0.25) is 5.91 Å². The molecule has 1 N–H and O–H groups in total. The molecule has 1 saturated heterocycles. The highest BCUT2D eigenvalue weighted by atomic mass is 16.2. The summed E-state index contributed by atoms with van der Waals surface area (Å²) in [7, 11) is 0. The summed E-state index contributed by atoms with van der Waals surface area (Å²) in [5.41, 5.74) is 0. The normalized spacial score (nSPS) is 21.8. The van der Waals surface area contributed by atoms with Gasteiger partial charge in [-0.25, -0.2) is 4.98 Å². The Balaban J connectivity index is 1.49. The molecule has 3 rings (SSSR count). The van der Waals surface area contributed by atoms with Crippen molar-refractivity contribution in [1.29, 1.82) is 0 Å². The van der Waals surface area contributed by atoms with E-state index in [2.05, 4.69) is 25.1 Å². The lowest BCUT2D eigenvalue weighted by Crippen LogP contribution is -2.55. The van der Waals surface area contributed by atoms with E-state index in [4.69, 9.17) is 0 Å². The summed E-state index contributed by atoms with van der Waals surface area (Å²) in [6.45, 7) is 5.56. The highest BCUT2D eigenvalue weighted by molar-refractivity contribution is 5.81. The molecule has 1 unspecified atom stereocenters. The molecule has 6 heteroatoms. The first-order valence-corrected chi connectivity index (χ1v) is 8.29. The van der Waals surface area contributed by atoms with E-state index in [1.54, 1.807) is 18.6 Å². The second kappa shape index (κ2) is 7.05. The molecule has 0 aromatic carbocycles. The van der Waals surface area contributed by atoms with Gasteiger partial charge in [-0.15, -0.1) is 0 Å². The number of nitrogens with zero attached hydrogens (tertiary/aromatic N) is 4. The van der Waals surface area contributed by atoms with Gasteiger partial charge >= 0.3 is 0 Å². The van der Waals surface area contributed by atoms with Crippen LogP contribution in [0.3, 0.4) is 0 Å². The van der Waals surface area contributed by atoms with E-state index < -0.39 is 0 Å². The van der Waals surface area contributed by atoms with Crippen LogP contribution in [0.1, 0.15) is 32.6 Å². The number of carbonyl (C=O) groups excluding carboxylic acids is 1. The molecule has 2 aliphatic rings. The van der Waals surface area contributed by atoms with Crippen molar-refractivity contribution < 1.29 is 4.79 Å². The molecule has 1 amide bonds. The zero-order chi connectivity index (χ0) is 15.4. The second-order valence-corrected chi connectivity index (χ2v) is 6.25. The first kappa shape index (κ1) is 15.2. The van der Waals surface area contributed by atoms with Crippen molar-refractivity contribution in [2.45, 2.75) is 44.7 Å². The van der Waals surface area contributed by atoms with Gasteiger partial charge in [-0.05, 0) is 19.8 Å². The molecule has 2 heterocycles. The van der Waals surface area contributed by atoms with Crippen molar-refractivity contribution in [3.63, 3.8) is 0 Å². The van der Waals surface area contributed by atoms with Crippen molar-refractivity contribution in [2.75, 3.05) is 31.1 Å². The molecule has 1 aromatic rings. The Kier molecular flexibility index (Phi) is 4.87. The predicted octanol–water partition coefficient (Wildman–Crippen LogP) is 1.05. The molecule has 1 aliphatic carbocycles. The molecular formula is C16H25N5O. The van der Waals surface area contributed by atoms with Crippen molar-refractivity contribution in [2.24, 2.45) is 0 Å². The van der Waals surface area contributed by atoms with E-state index in [0.717, 1.165) is 44.8 Å². The number of aromatic nitrogens is 2. The third kappa shape index (κ3) is 3.55. The van der Waals surface area contributed by atoms with Crippen LogP contribution < -0.4 is 10.2 Å². The van der Waals surface area contributed by atoms with E-state index in [1.807, 2.05) is 6.92 Å². The smallest absolute Gasteiger partial charge is 0.237 e. The van der Waals surface area contributed by atoms with Gasteiger partial charge in [0.15, 0.2) is 0 Å². The summed E-state index contributed by atoms with van der Waals surface area (Å²) in [6, 6.07) is 0.348. The zero-order valence-corrected chi connectivity index (χ0v) is 13.2. The molecule has 6 nitrogen and oxygen atoms in total. The van der Waals surface area contributed by atoms with Crippen LogP contribution in [0.25, 0.3) is 0 Å². The van der Waals surface area contributed by atoms with Gasteiger partial charge < -0.3 is 10.2 Å². The van der Waals surface area contributed by atoms with E-state index in [0.29, 0.717) is 6.04 Å². The van der Waals surface area contributed by atoms with Crippen LogP contribution >= 0.6 is 0 Å². The van der Waals surface area contributed by atoms with Crippen molar-refractivity contribution >= 4 is 11.7 Å². The molecule has 2 fully saturated rings. The minimum absolute atomic E-state index is 0.0513. The highest BCUT2D eigenvalue weighted by Gasteiger charge is 2.27. The average molecular weight is 303 g/mol. The van der Waals surface area contributed by atoms with Gasteiger partial charge in [0, 0.05) is 44.6 Å². The number of hydrogen-bond donors (Lipinski definition) is 1. The van der Waals surface area contributed by atoms with E-state index in [1.165, 1.54) is 12.8 Å². The predicted molar refractivity (Wildman–Crippen MR) is 85.7 cm³/mol. The van der Waals surface area contributed by atoms with Crippen LogP contribution in [0.4, 0.5) is 5.82 Å². The minimum atomic E-state index is -0.0513. The third-order valence-electron chi connectivity index (χ3n) is 4.82. The lowest BCUT2D eigenvalue weighted by molar-refractivity contribution is -0.126. The Labute approximate surface area is 131 Å². The number of amides is 1. The first-order valence-electron chi connectivity index (χ1n) is 8.29. The fourth-order valence-electron chi connectivity index (χ4n) is 3.35. The zero-order valence-electron chi connectivity index (χ0n) is 13.2. The summed E-state index contributed by atoms with van der Waals surface area (Å²) in [5.74, 6) is 1.10. The minimum Gasteiger partial charge on any atom is -0.353 e. The van der Waals surface area contributed by atoms with Gasteiger partial charge in [0.05, 0.1) is 12.2 Å². The van der Waals surface area contributed by atoms with Gasteiger partial charge in [0.25, 0.3) is 0 Å². The van der Waals surface area contributed by atoms with Gasteiger partial charge in [-0.1, -0.05) is 12.8 Å². The topological polar surface area (TPSA) is 61.4 Å². The van der Waals surface area contributed by atoms with Crippen molar-refractivity contribution in [3.8, 4) is 0 Å². The Morgan fingerprint density at radius 3 is 2.59 bits per heavy atom. The van der Waals surface area contributed by atoms with Crippen LogP contribution in [0, 0.1) is 0 Å². The number of nitrogens with one attached hydrogen (secondary N) is 1. The SMILES string of the molecule is CC(C(=O)NC1CCCC1)N1CCN(c2cnccn2)CC1. The maximum absolute atomic E-state index is 12.4. The fraction of sp³-hybridized carbons (Fsp3) is 0.688. The summed E-state index contributed by atoms with van der Waals surface area (Å²) in [5, 5.41) is 3.20. The molecule has 1 aliphatic heterocycles. The maximum atomic E-state index is 12.4. The molecule has 1 aromatic heterocycles. The quantitative estimate of drug-likeness (QED) is 0.901. The Hall–Kier alpha value is -1.69. The monoisotopic (exact) mass is 303 g/mol. The molecule has 0 radical (unpaired) electrons. The van der Waals surface area contributed by atoms with Gasteiger partial charge in [0.1, 0.15) is 5.82 Å². The van der Waals surface area contributed by atoms with Crippen molar-refractivity contribution in [3.05, 3.63) is 18.6 Å². The number of hydrogen-bond acceptors (Lipinski definition) is 5. The summed E-state index contributed by atoms with van der Waals surface area (Å²) < 4.78 is 0. The van der Waals surface area contributed by atoms with E-state index >= 15 is 0 Å². The van der Waals surface area contributed by atoms with Crippen LogP contribution in [-0.2, 0) is 4.79 Å². The van der Waals surface area contributed by atoms with Gasteiger partial charge in [-0.2, -0.15) is 0 Å². The fourth-order valence-corrected chi connectivity index (χ4v) is 3.35. The van der Waals surface area contributed by atoms with Crippen LogP contribution in [0.15, 0.2) is 18.6 Å². The first-order chi connectivity index (χ1) is 10.7.